The van der Waals surface area contributed by atoms with Gasteiger partial charge in [0.1, 0.15) is 5.82 Å². The molecule has 0 unspecified atom stereocenters. The summed E-state index contributed by atoms with van der Waals surface area (Å²) in [4.78, 5) is 26.0. The third kappa shape index (κ3) is 4.30. The minimum absolute atomic E-state index is 0.128. The largest absolute Gasteiger partial charge is 0.330 e. The van der Waals surface area contributed by atoms with Crippen molar-refractivity contribution in [2.75, 3.05) is 5.32 Å². The molecule has 29 heavy (non-hydrogen) atoms. The highest BCUT2D eigenvalue weighted by Gasteiger charge is 2.12. The maximum atomic E-state index is 12.5. The summed E-state index contributed by atoms with van der Waals surface area (Å²) in [6.45, 7) is 3.92. The van der Waals surface area contributed by atoms with Crippen LogP contribution in [0.3, 0.4) is 0 Å². The lowest BCUT2D eigenvalue weighted by molar-refractivity contribution is 0.102. The number of carbonyl (C=O) groups is 1. The number of hydrogen-bond acceptors (Lipinski definition) is 5. The van der Waals surface area contributed by atoms with Gasteiger partial charge in [-0.2, -0.15) is 0 Å². The van der Waals surface area contributed by atoms with Crippen molar-refractivity contribution in [2.45, 2.75) is 24.8 Å². The highest BCUT2D eigenvalue weighted by molar-refractivity contribution is 7.98. The Morgan fingerprint density at radius 2 is 1.97 bits per heavy atom. The number of carbonyl (C=O) groups excluding carboxylic acids is 1. The van der Waals surface area contributed by atoms with E-state index >= 15 is 0 Å². The molecule has 1 amide bonds. The maximum absolute atomic E-state index is 12.5. The molecule has 0 saturated heterocycles. The Bertz CT molecular complexity index is 1200. The van der Waals surface area contributed by atoms with Crippen LogP contribution in [0.25, 0.3) is 11.0 Å². The number of benzene rings is 2. The van der Waals surface area contributed by atoms with Crippen LogP contribution in [0.15, 0.2) is 59.9 Å². The SMILES string of the molecule is Cc1cccc(C(=O)Nc2ccc3c(c2)nc(CSc2nccc(C)n2)n3C)c1. The van der Waals surface area contributed by atoms with Crippen LogP contribution in [-0.2, 0) is 12.8 Å². The molecule has 4 aromatic rings. The van der Waals surface area contributed by atoms with Crippen LogP contribution in [0.5, 0.6) is 0 Å². The van der Waals surface area contributed by atoms with Gasteiger partial charge in [0.15, 0.2) is 5.16 Å². The molecule has 0 atom stereocenters. The van der Waals surface area contributed by atoms with Crippen molar-refractivity contribution in [1.82, 2.24) is 19.5 Å². The number of nitrogens with one attached hydrogen (secondary N) is 1. The maximum Gasteiger partial charge on any atom is 0.255 e. The number of nitrogens with zero attached hydrogens (tertiary/aromatic N) is 4. The average molecular weight is 404 g/mol. The normalized spacial score (nSPS) is 11.0. The number of amides is 1. The Kier molecular flexibility index (Phi) is 5.31. The van der Waals surface area contributed by atoms with Gasteiger partial charge in [-0.15, -0.1) is 0 Å². The fourth-order valence-corrected chi connectivity index (χ4v) is 3.93. The van der Waals surface area contributed by atoms with Gasteiger partial charge in [0.2, 0.25) is 0 Å². The standard InChI is InChI=1S/C22H21N5OS/c1-14-5-4-6-16(11-14)21(28)25-17-7-8-19-18(12-17)26-20(27(19)3)13-29-22-23-10-9-15(2)24-22/h4-12H,13H2,1-3H3,(H,25,28). The van der Waals surface area contributed by atoms with Gasteiger partial charge >= 0.3 is 0 Å². The number of thioether (sulfide) groups is 1. The minimum Gasteiger partial charge on any atom is -0.330 e. The number of imidazole rings is 1. The second-order valence-electron chi connectivity index (χ2n) is 6.88. The number of fused-ring (bicyclic) bond motifs is 1. The lowest BCUT2D eigenvalue weighted by Crippen LogP contribution is -2.11. The molecule has 4 rings (SSSR count). The molecule has 2 aromatic carbocycles. The molecule has 0 bridgehead atoms. The van der Waals surface area contributed by atoms with Crippen molar-refractivity contribution in [3.05, 3.63) is 77.4 Å². The van der Waals surface area contributed by atoms with Crippen molar-refractivity contribution in [2.24, 2.45) is 7.05 Å². The van der Waals surface area contributed by atoms with Gasteiger partial charge in [-0.3, -0.25) is 4.79 Å². The Morgan fingerprint density at radius 3 is 2.76 bits per heavy atom. The average Bonchev–Trinajstić information content (AvgIpc) is 3.01. The first-order valence-electron chi connectivity index (χ1n) is 9.25. The van der Waals surface area contributed by atoms with Gasteiger partial charge in [0.05, 0.1) is 16.8 Å². The highest BCUT2D eigenvalue weighted by atomic mass is 32.2. The molecule has 0 aliphatic heterocycles. The smallest absolute Gasteiger partial charge is 0.255 e. The van der Waals surface area contributed by atoms with Crippen LogP contribution >= 0.6 is 11.8 Å². The first kappa shape index (κ1) is 19.1. The molecule has 0 saturated carbocycles. The Balaban J connectivity index is 1.52. The molecule has 0 aliphatic carbocycles. The highest BCUT2D eigenvalue weighted by Crippen LogP contribution is 2.24. The zero-order valence-electron chi connectivity index (χ0n) is 16.5. The molecule has 2 aromatic heterocycles. The summed E-state index contributed by atoms with van der Waals surface area (Å²) in [5.41, 5.74) is 5.22. The van der Waals surface area contributed by atoms with Crippen molar-refractivity contribution >= 4 is 34.4 Å². The predicted molar refractivity (Wildman–Crippen MR) is 116 cm³/mol. The fourth-order valence-electron chi connectivity index (χ4n) is 3.07. The van der Waals surface area contributed by atoms with Crippen molar-refractivity contribution in [3.8, 4) is 0 Å². The van der Waals surface area contributed by atoms with Crippen LogP contribution in [-0.4, -0.2) is 25.4 Å². The molecule has 0 fully saturated rings. The van der Waals surface area contributed by atoms with E-state index in [1.807, 2.05) is 69.4 Å². The fraction of sp³-hybridized carbons (Fsp3) is 0.182. The third-order valence-corrected chi connectivity index (χ3v) is 5.47. The molecular formula is C22H21N5OS. The molecule has 0 radical (unpaired) electrons. The number of hydrogen-bond donors (Lipinski definition) is 1. The molecule has 6 nitrogen and oxygen atoms in total. The monoisotopic (exact) mass is 403 g/mol. The van der Waals surface area contributed by atoms with Crippen LogP contribution in [0.2, 0.25) is 0 Å². The number of rotatable bonds is 5. The summed E-state index contributed by atoms with van der Waals surface area (Å²) >= 11 is 1.56. The summed E-state index contributed by atoms with van der Waals surface area (Å²) in [5, 5.41) is 3.70. The zero-order valence-corrected chi connectivity index (χ0v) is 17.3. The summed E-state index contributed by atoms with van der Waals surface area (Å²) in [6.07, 6.45) is 1.77. The Morgan fingerprint density at radius 1 is 1.10 bits per heavy atom. The van der Waals surface area contributed by atoms with E-state index in [0.717, 1.165) is 39.0 Å². The predicted octanol–water partition coefficient (Wildman–Crippen LogP) is 4.52. The molecule has 0 spiro atoms. The zero-order chi connectivity index (χ0) is 20.4. The van der Waals surface area contributed by atoms with E-state index in [9.17, 15) is 4.79 Å². The van der Waals surface area contributed by atoms with Gasteiger partial charge in [0.25, 0.3) is 5.91 Å². The van der Waals surface area contributed by atoms with Crippen LogP contribution in [0.4, 0.5) is 5.69 Å². The van der Waals surface area contributed by atoms with E-state index in [1.165, 1.54) is 0 Å². The topological polar surface area (TPSA) is 72.7 Å². The van der Waals surface area contributed by atoms with E-state index in [-0.39, 0.29) is 5.91 Å². The number of anilines is 1. The summed E-state index contributed by atoms with van der Waals surface area (Å²) in [7, 11) is 1.99. The molecule has 146 valence electrons. The van der Waals surface area contributed by atoms with Crippen LogP contribution < -0.4 is 5.32 Å². The van der Waals surface area contributed by atoms with Gasteiger partial charge in [-0.25, -0.2) is 15.0 Å². The molecule has 2 heterocycles. The first-order chi connectivity index (χ1) is 14.0. The number of aryl methyl sites for hydroxylation is 3. The van der Waals surface area contributed by atoms with Gasteiger partial charge < -0.3 is 9.88 Å². The van der Waals surface area contributed by atoms with Crippen molar-refractivity contribution in [1.29, 1.82) is 0 Å². The molecule has 1 N–H and O–H groups in total. The van der Waals surface area contributed by atoms with Gasteiger partial charge in [-0.1, -0.05) is 29.5 Å². The van der Waals surface area contributed by atoms with Crippen molar-refractivity contribution in [3.63, 3.8) is 0 Å². The van der Waals surface area contributed by atoms with E-state index in [2.05, 4.69) is 19.9 Å². The Labute approximate surface area is 173 Å². The lowest BCUT2D eigenvalue weighted by atomic mass is 10.1. The number of aromatic nitrogens is 4. The summed E-state index contributed by atoms with van der Waals surface area (Å²) in [5.74, 6) is 1.47. The Hall–Kier alpha value is -3.19. The van der Waals surface area contributed by atoms with Crippen LogP contribution in [0, 0.1) is 13.8 Å². The van der Waals surface area contributed by atoms with E-state index in [0.29, 0.717) is 11.3 Å². The second-order valence-corrected chi connectivity index (χ2v) is 7.83. The quantitative estimate of drug-likeness (QED) is 0.392. The summed E-state index contributed by atoms with van der Waals surface area (Å²) in [6, 6.07) is 15.2. The molecular weight excluding hydrogens is 382 g/mol. The van der Waals surface area contributed by atoms with Gasteiger partial charge in [-0.05, 0) is 50.2 Å². The van der Waals surface area contributed by atoms with Crippen molar-refractivity contribution < 1.29 is 4.79 Å². The minimum atomic E-state index is -0.128. The third-order valence-electron chi connectivity index (χ3n) is 4.61. The van der Waals surface area contributed by atoms with E-state index in [1.54, 1.807) is 18.0 Å². The summed E-state index contributed by atoms with van der Waals surface area (Å²) < 4.78 is 2.06. The molecule has 7 heteroatoms. The van der Waals surface area contributed by atoms with Crippen LogP contribution in [0.1, 0.15) is 27.4 Å². The first-order valence-corrected chi connectivity index (χ1v) is 10.2. The second kappa shape index (κ2) is 8.05. The lowest BCUT2D eigenvalue weighted by Gasteiger charge is -2.06. The van der Waals surface area contributed by atoms with Gasteiger partial charge in [0, 0.05) is 30.2 Å². The van der Waals surface area contributed by atoms with E-state index in [4.69, 9.17) is 4.98 Å². The molecule has 0 aliphatic rings. The van der Waals surface area contributed by atoms with E-state index < -0.39 is 0 Å².